The molecule has 0 saturated carbocycles. The summed E-state index contributed by atoms with van der Waals surface area (Å²) in [6.07, 6.45) is 2.02. The SMILES string of the molecule is CCOC(=O)C1(C[C@@H]2CC(c3cccc(F)c3)=NO2)CCN(CC(C)=O)CC1. The van der Waals surface area contributed by atoms with Crippen LogP contribution in [-0.2, 0) is 19.2 Å². The number of ketones is 1. The molecule has 2 aliphatic rings. The lowest BCUT2D eigenvalue weighted by Gasteiger charge is -2.40. The van der Waals surface area contributed by atoms with Gasteiger partial charge in [0.25, 0.3) is 0 Å². The van der Waals surface area contributed by atoms with E-state index in [0.717, 1.165) is 0 Å². The number of carbonyl (C=O) groups is 2. The first-order valence-corrected chi connectivity index (χ1v) is 9.79. The zero-order valence-electron chi connectivity index (χ0n) is 16.4. The molecule has 0 spiro atoms. The van der Waals surface area contributed by atoms with Gasteiger partial charge in [-0.25, -0.2) is 4.39 Å². The van der Waals surface area contributed by atoms with Gasteiger partial charge in [0.2, 0.25) is 0 Å². The van der Waals surface area contributed by atoms with E-state index in [1.165, 1.54) is 12.1 Å². The lowest BCUT2D eigenvalue weighted by Crippen LogP contribution is -2.47. The molecular formula is C21H27FN2O4. The quantitative estimate of drug-likeness (QED) is 0.670. The smallest absolute Gasteiger partial charge is 0.312 e. The lowest BCUT2D eigenvalue weighted by atomic mass is 9.73. The second-order valence-electron chi connectivity index (χ2n) is 7.66. The molecule has 0 radical (unpaired) electrons. The van der Waals surface area contributed by atoms with Crippen molar-refractivity contribution in [2.24, 2.45) is 10.6 Å². The minimum Gasteiger partial charge on any atom is -0.466 e. The number of carbonyl (C=O) groups excluding carboxylic acids is 2. The van der Waals surface area contributed by atoms with E-state index in [1.54, 1.807) is 26.0 Å². The second-order valence-corrected chi connectivity index (χ2v) is 7.66. The predicted octanol–water partition coefficient (Wildman–Crippen LogP) is 2.94. The molecule has 1 fully saturated rings. The Morgan fingerprint density at radius 1 is 1.36 bits per heavy atom. The topological polar surface area (TPSA) is 68.2 Å². The standard InChI is InChI=1S/C21H27FN2O4/c1-3-27-20(26)21(7-9-24(10-8-21)14-15(2)25)13-18-12-19(23-28-18)16-5-4-6-17(22)11-16/h4-6,11,18H,3,7-10,12-14H2,1-2H3/t18-/m0/s1. The Labute approximate surface area is 164 Å². The first kappa shape index (κ1) is 20.5. The second kappa shape index (κ2) is 8.82. The fourth-order valence-electron chi connectivity index (χ4n) is 4.04. The number of nitrogens with zero attached hydrogens (tertiary/aromatic N) is 2. The molecule has 7 heteroatoms. The molecule has 1 saturated heterocycles. The number of hydrogen-bond donors (Lipinski definition) is 0. The molecule has 152 valence electrons. The summed E-state index contributed by atoms with van der Waals surface area (Å²) in [5, 5.41) is 4.13. The number of rotatable bonds is 7. The van der Waals surface area contributed by atoms with Gasteiger partial charge in [0.1, 0.15) is 17.7 Å². The predicted molar refractivity (Wildman–Crippen MR) is 102 cm³/mol. The summed E-state index contributed by atoms with van der Waals surface area (Å²) in [5.74, 6) is -0.402. The van der Waals surface area contributed by atoms with Gasteiger partial charge in [-0.3, -0.25) is 14.5 Å². The summed E-state index contributed by atoms with van der Waals surface area (Å²) >= 11 is 0. The molecule has 3 rings (SSSR count). The fraction of sp³-hybridized carbons (Fsp3) is 0.571. The third-order valence-electron chi connectivity index (χ3n) is 5.48. The number of halogens is 1. The van der Waals surface area contributed by atoms with Gasteiger partial charge in [-0.2, -0.15) is 0 Å². The number of likely N-dealkylation sites (tertiary alicyclic amines) is 1. The Morgan fingerprint density at radius 3 is 2.75 bits per heavy atom. The van der Waals surface area contributed by atoms with Crippen LogP contribution in [0.3, 0.4) is 0 Å². The van der Waals surface area contributed by atoms with Crippen LogP contribution < -0.4 is 0 Å². The number of ether oxygens (including phenoxy) is 1. The van der Waals surface area contributed by atoms with Crippen LogP contribution in [0.5, 0.6) is 0 Å². The summed E-state index contributed by atoms with van der Waals surface area (Å²) in [4.78, 5) is 31.8. The van der Waals surface area contributed by atoms with Gasteiger partial charge in [-0.15, -0.1) is 0 Å². The molecule has 28 heavy (non-hydrogen) atoms. The van der Waals surface area contributed by atoms with E-state index in [1.807, 2.05) is 0 Å². The number of oxime groups is 1. The van der Waals surface area contributed by atoms with Crippen molar-refractivity contribution >= 4 is 17.5 Å². The zero-order valence-corrected chi connectivity index (χ0v) is 16.4. The summed E-state index contributed by atoms with van der Waals surface area (Å²) in [5.41, 5.74) is 0.752. The first-order valence-electron chi connectivity index (χ1n) is 9.79. The number of esters is 1. The van der Waals surface area contributed by atoms with Crippen LogP contribution in [0.1, 0.15) is 45.1 Å². The van der Waals surface area contributed by atoms with Gasteiger partial charge in [-0.1, -0.05) is 17.3 Å². The van der Waals surface area contributed by atoms with Crippen LogP contribution in [0.25, 0.3) is 0 Å². The van der Waals surface area contributed by atoms with Gasteiger partial charge in [0.15, 0.2) is 0 Å². The number of Topliss-reactive ketones (excluding diaryl/α,β-unsaturated/α-hetero) is 1. The molecular weight excluding hydrogens is 363 g/mol. The lowest BCUT2D eigenvalue weighted by molar-refractivity contribution is -0.161. The maximum atomic E-state index is 13.5. The Balaban J connectivity index is 1.66. The molecule has 6 nitrogen and oxygen atoms in total. The largest absolute Gasteiger partial charge is 0.466 e. The maximum absolute atomic E-state index is 13.5. The molecule has 2 heterocycles. The van der Waals surface area contributed by atoms with Crippen LogP contribution >= 0.6 is 0 Å². The van der Waals surface area contributed by atoms with Crippen LogP contribution in [0.2, 0.25) is 0 Å². The zero-order chi connectivity index (χ0) is 20.1. The Kier molecular flexibility index (Phi) is 6.44. The monoisotopic (exact) mass is 390 g/mol. The highest BCUT2D eigenvalue weighted by molar-refractivity contribution is 6.01. The molecule has 2 aliphatic heterocycles. The molecule has 0 N–H and O–H groups in total. The maximum Gasteiger partial charge on any atom is 0.312 e. The number of piperidine rings is 1. The van der Waals surface area contributed by atoms with E-state index in [9.17, 15) is 14.0 Å². The fourth-order valence-corrected chi connectivity index (χ4v) is 4.04. The van der Waals surface area contributed by atoms with Gasteiger partial charge < -0.3 is 9.57 Å². The number of benzene rings is 1. The van der Waals surface area contributed by atoms with Gasteiger partial charge in [0.05, 0.1) is 24.3 Å². The van der Waals surface area contributed by atoms with Crippen LogP contribution in [-0.4, -0.2) is 54.7 Å². The molecule has 0 unspecified atom stereocenters. The average Bonchev–Trinajstić information content (AvgIpc) is 3.11. The van der Waals surface area contributed by atoms with E-state index in [2.05, 4.69) is 10.1 Å². The van der Waals surface area contributed by atoms with Gasteiger partial charge in [-0.05, 0) is 51.9 Å². The highest BCUT2D eigenvalue weighted by Crippen LogP contribution is 2.40. The van der Waals surface area contributed by atoms with Crippen LogP contribution in [0.15, 0.2) is 29.4 Å². The molecule has 0 bridgehead atoms. The molecule has 0 amide bonds. The van der Waals surface area contributed by atoms with Crippen molar-refractivity contribution < 1.29 is 23.6 Å². The van der Waals surface area contributed by atoms with E-state index in [0.29, 0.717) is 63.2 Å². The highest BCUT2D eigenvalue weighted by Gasteiger charge is 2.45. The molecule has 0 aromatic heterocycles. The Morgan fingerprint density at radius 2 is 2.11 bits per heavy atom. The van der Waals surface area contributed by atoms with Crippen molar-refractivity contribution in [2.45, 2.75) is 45.6 Å². The van der Waals surface area contributed by atoms with Gasteiger partial charge >= 0.3 is 5.97 Å². The van der Waals surface area contributed by atoms with Gasteiger partial charge in [0, 0.05) is 18.4 Å². The van der Waals surface area contributed by atoms with E-state index >= 15 is 0 Å². The molecule has 0 aliphatic carbocycles. The van der Waals surface area contributed by atoms with E-state index in [-0.39, 0.29) is 23.7 Å². The van der Waals surface area contributed by atoms with Crippen molar-refractivity contribution in [1.29, 1.82) is 0 Å². The minimum absolute atomic E-state index is 0.121. The van der Waals surface area contributed by atoms with Crippen LogP contribution in [0.4, 0.5) is 4.39 Å². The van der Waals surface area contributed by atoms with Crippen molar-refractivity contribution in [1.82, 2.24) is 4.90 Å². The van der Waals surface area contributed by atoms with Crippen molar-refractivity contribution in [3.05, 3.63) is 35.6 Å². The summed E-state index contributed by atoms with van der Waals surface area (Å²) in [6, 6.07) is 6.27. The Hall–Kier alpha value is -2.28. The molecule has 1 aromatic carbocycles. The average molecular weight is 390 g/mol. The normalized spacial score (nSPS) is 21.7. The molecule has 1 atom stereocenters. The molecule has 1 aromatic rings. The first-order chi connectivity index (χ1) is 13.4. The van der Waals surface area contributed by atoms with E-state index < -0.39 is 5.41 Å². The van der Waals surface area contributed by atoms with Crippen molar-refractivity contribution in [3.63, 3.8) is 0 Å². The summed E-state index contributed by atoms with van der Waals surface area (Å²) in [6.45, 7) is 5.45. The third-order valence-corrected chi connectivity index (χ3v) is 5.48. The number of hydrogen-bond acceptors (Lipinski definition) is 6. The van der Waals surface area contributed by atoms with Crippen LogP contribution in [0, 0.1) is 11.2 Å². The minimum atomic E-state index is -0.638. The summed E-state index contributed by atoms with van der Waals surface area (Å²) in [7, 11) is 0. The summed E-state index contributed by atoms with van der Waals surface area (Å²) < 4.78 is 18.9. The highest BCUT2D eigenvalue weighted by atomic mass is 19.1. The van der Waals surface area contributed by atoms with Crippen molar-refractivity contribution in [2.75, 3.05) is 26.2 Å². The van der Waals surface area contributed by atoms with Crippen molar-refractivity contribution in [3.8, 4) is 0 Å². The third kappa shape index (κ3) is 4.76. The van der Waals surface area contributed by atoms with E-state index in [4.69, 9.17) is 9.57 Å². The Bertz CT molecular complexity index is 757.